The number of aliphatic hydroxyl groups is 8. The van der Waals surface area contributed by atoms with Crippen LogP contribution in [0.5, 0.6) is 0 Å². The van der Waals surface area contributed by atoms with Gasteiger partial charge in [-0.3, -0.25) is 4.79 Å². The van der Waals surface area contributed by atoms with Crippen molar-refractivity contribution in [1.29, 1.82) is 0 Å². The Bertz CT molecular complexity index is 1810. The van der Waals surface area contributed by atoms with E-state index >= 15 is 4.79 Å². The molecule has 2 heterocycles. The molecule has 5 aliphatic rings. The molecule has 2 aliphatic heterocycles. The summed E-state index contributed by atoms with van der Waals surface area (Å²) in [4.78, 5) is 55.2. The van der Waals surface area contributed by atoms with Gasteiger partial charge in [-0.15, -0.1) is 0 Å². The van der Waals surface area contributed by atoms with E-state index in [1.165, 1.54) is 13.8 Å². The number of ether oxygens (including phenoxy) is 6. The van der Waals surface area contributed by atoms with E-state index in [2.05, 4.69) is 5.32 Å². The third-order valence-electron chi connectivity index (χ3n) is 13.7. The van der Waals surface area contributed by atoms with Crippen LogP contribution in [0.15, 0.2) is 41.5 Å². The van der Waals surface area contributed by atoms with Crippen molar-refractivity contribution in [2.75, 3.05) is 26.9 Å². The summed E-state index contributed by atoms with van der Waals surface area (Å²) in [7, 11) is 1.10. The van der Waals surface area contributed by atoms with Crippen molar-refractivity contribution in [2.45, 2.75) is 126 Å². The van der Waals surface area contributed by atoms with Gasteiger partial charge in [-0.1, -0.05) is 51.1 Å². The monoisotopic (exact) mass is 1060 g/mol. The fraction of sp³-hybridized carbons (Fsp3) is 0.700. The molecular formula is C40H55AcNO18. The van der Waals surface area contributed by atoms with Gasteiger partial charge in [0, 0.05) is 68.2 Å². The minimum Gasteiger partial charge on any atom is -0.456 e. The van der Waals surface area contributed by atoms with Crippen molar-refractivity contribution in [2.24, 2.45) is 22.7 Å². The second-order valence-electron chi connectivity index (χ2n) is 17.1. The summed E-state index contributed by atoms with van der Waals surface area (Å²) in [5, 5.41) is 91.3. The Labute approximate surface area is 381 Å². The van der Waals surface area contributed by atoms with Gasteiger partial charge in [0.15, 0.2) is 24.3 Å². The largest absolute Gasteiger partial charge is 0.456 e. The topological polar surface area (TPSA) is 298 Å². The second kappa shape index (κ2) is 18.1. The van der Waals surface area contributed by atoms with Crippen molar-refractivity contribution in [3.63, 3.8) is 0 Å². The van der Waals surface area contributed by atoms with Crippen molar-refractivity contribution >= 4 is 23.8 Å². The summed E-state index contributed by atoms with van der Waals surface area (Å²) >= 11 is 0. The van der Waals surface area contributed by atoms with Gasteiger partial charge in [-0.2, -0.15) is 0 Å². The number of carbonyl (C=O) groups is 4. The van der Waals surface area contributed by atoms with E-state index in [0.717, 1.165) is 7.11 Å². The number of hydrogen-bond acceptors (Lipinski definition) is 18. The molecule has 1 amide bonds. The first-order valence-electron chi connectivity index (χ1n) is 19.5. The standard InChI is InChI=1S/C40H55NO18.Ac/c1-17-20(57-34(50)28(46)26(41-36(51)54-6)19-10-8-7-9-11-19)13-40(53)18(2)32-38(5,22(43)12-23-39(32,52)16-56-23)33(49)31(25(17)37(40,3)4)59-24(44)15-55-35-30(48)29(47)27(45)21(14-42)58-35;/h7-11,18,20-23,26-32,35,42-43,45-48,52-53H,12-16H2,1-6H3,(H,41,51);/t18-,20?,21?,22?,23?,26?,27?,28?,29?,30?,31?,32?,35?,38+,39-,40?;/m0./s1. The zero-order valence-corrected chi connectivity index (χ0v) is 38.9. The van der Waals surface area contributed by atoms with Crippen LogP contribution in [0.3, 0.4) is 0 Å². The molecule has 1 aromatic rings. The third kappa shape index (κ3) is 8.01. The van der Waals surface area contributed by atoms with Gasteiger partial charge in [-0.05, 0) is 36.5 Å². The van der Waals surface area contributed by atoms with E-state index in [0.29, 0.717) is 5.56 Å². The Morgan fingerprint density at radius 3 is 2.23 bits per heavy atom. The molecule has 19 nitrogen and oxygen atoms in total. The maximum Gasteiger partial charge on any atom is 0.407 e. The van der Waals surface area contributed by atoms with E-state index in [-0.39, 0.29) is 74.7 Å². The minimum absolute atomic E-state index is 0. The molecule has 60 heavy (non-hydrogen) atoms. The molecule has 1 aromatic carbocycles. The van der Waals surface area contributed by atoms with Crippen molar-refractivity contribution in [3.8, 4) is 0 Å². The van der Waals surface area contributed by atoms with Crippen LogP contribution in [0.1, 0.15) is 59.1 Å². The minimum atomic E-state index is -2.03. The number of hydrogen-bond donors (Lipinski definition) is 9. The van der Waals surface area contributed by atoms with Crippen molar-refractivity contribution in [1.82, 2.24) is 5.32 Å². The van der Waals surface area contributed by atoms with Crippen molar-refractivity contribution in [3.05, 3.63) is 47.0 Å². The molecule has 1 radical (unpaired) electrons. The average Bonchev–Trinajstić information content (AvgIpc) is 3.20. The zero-order chi connectivity index (χ0) is 43.6. The fourth-order valence-electron chi connectivity index (χ4n) is 10.2. The molecule has 6 rings (SSSR count). The Morgan fingerprint density at radius 2 is 1.65 bits per heavy atom. The van der Waals surface area contributed by atoms with Gasteiger partial charge in [0.25, 0.3) is 0 Å². The maximum absolute atomic E-state index is 15.2. The molecule has 4 fully saturated rings. The number of benzene rings is 1. The van der Waals surface area contributed by atoms with Crippen LogP contribution in [-0.2, 0) is 42.8 Å². The quantitative estimate of drug-likeness (QED) is 0.0717. The molecular weight excluding hydrogens is 1010 g/mol. The average molecular weight is 1060 g/mol. The number of rotatable bonds is 10. The number of Topliss-reactive ketones (excluding diaryl/α,β-unsaturated/α-hetero) is 1. The number of nitrogens with one attached hydrogen (secondary N) is 1. The van der Waals surface area contributed by atoms with Crippen LogP contribution in [0, 0.1) is 66.7 Å². The SMILES string of the molecule is COC(=O)NC(c1ccccc1)C(O)C(=O)OC1CC2(O)[C@@H](C)C3[C@]4(O)COC4CC(O)[C@@]3(C)C(=O)C(OC(=O)COC3OC(CO)C(O)C(O)C3O)C(=C1C)C2(C)C.[Ac]. The number of aliphatic hydroxyl groups excluding tert-OH is 6. The first kappa shape index (κ1) is 48.9. The molecule has 2 saturated carbocycles. The molecule has 331 valence electrons. The van der Waals surface area contributed by atoms with Gasteiger partial charge in [-0.25, -0.2) is 14.4 Å². The molecule has 3 aliphatic carbocycles. The molecule has 0 aromatic heterocycles. The number of methoxy groups -OCH3 is 1. The molecule has 16 atom stereocenters. The van der Waals surface area contributed by atoms with Crippen molar-refractivity contribution < 1.29 is 133 Å². The smallest absolute Gasteiger partial charge is 0.407 e. The maximum atomic E-state index is 15.2. The summed E-state index contributed by atoms with van der Waals surface area (Å²) in [6.07, 6.45) is -17.7. The second-order valence-corrected chi connectivity index (χ2v) is 17.1. The normalized spacial score (nSPS) is 40.4. The zero-order valence-electron chi connectivity index (χ0n) is 34.2. The Hall–Kier alpha value is -2.16. The van der Waals surface area contributed by atoms with Crippen LogP contribution >= 0.6 is 0 Å². The number of ketones is 1. The number of amides is 1. The van der Waals surface area contributed by atoms with Crippen LogP contribution in [0.2, 0.25) is 0 Å². The first-order valence-corrected chi connectivity index (χ1v) is 19.5. The van der Waals surface area contributed by atoms with Crippen LogP contribution in [0.4, 0.5) is 4.79 Å². The Kier molecular flexibility index (Phi) is 14.8. The number of alkyl carbamates (subject to hydrolysis) is 1. The van der Waals surface area contributed by atoms with Gasteiger partial charge in [0.05, 0.1) is 49.6 Å². The van der Waals surface area contributed by atoms with E-state index in [4.69, 9.17) is 28.4 Å². The summed E-state index contributed by atoms with van der Waals surface area (Å²) < 4.78 is 32.9. The summed E-state index contributed by atoms with van der Waals surface area (Å²) in [5.41, 5.74) is -6.66. The Balaban J connectivity index is 0.00000683. The predicted molar refractivity (Wildman–Crippen MR) is 197 cm³/mol. The van der Waals surface area contributed by atoms with E-state index < -0.39 is 138 Å². The van der Waals surface area contributed by atoms with Crippen LogP contribution < -0.4 is 5.32 Å². The molecule has 2 saturated heterocycles. The van der Waals surface area contributed by atoms with Gasteiger partial charge in [0.2, 0.25) is 0 Å². The number of fused-ring (bicyclic) bond motifs is 5. The molecule has 2 bridgehead atoms. The first-order chi connectivity index (χ1) is 27.6. The molecule has 9 N–H and O–H groups in total. The van der Waals surface area contributed by atoms with E-state index in [1.54, 1.807) is 51.1 Å². The molecule has 20 heteroatoms. The van der Waals surface area contributed by atoms with E-state index in [1.807, 2.05) is 0 Å². The molecule has 0 spiro atoms. The number of esters is 2. The Morgan fingerprint density at radius 1 is 1.00 bits per heavy atom. The van der Waals surface area contributed by atoms with Gasteiger partial charge >= 0.3 is 18.0 Å². The van der Waals surface area contributed by atoms with Crippen LogP contribution in [0.25, 0.3) is 0 Å². The van der Waals surface area contributed by atoms with Crippen LogP contribution in [-0.4, -0.2) is 164 Å². The van der Waals surface area contributed by atoms with Gasteiger partial charge < -0.3 is 74.6 Å². The third-order valence-corrected chi connectivity index (χ3v) is 13.7. The summed E-state index contributed by atoms with van der Waals surface area (Å²) in [6, 6.07) is 6.68. The van der Waals surface area contributed by atoms with E-state index in [9.17, 15) is 55.2 Å². The fourth-order valence-corrected chi connectivity index (χ4v) is 10.2. The summed E-state index contributed by atoms with van der Waals surface area (Å²) in [6.45, 7) is 5.71. The van der Waals surface area contributed by atoms with Gasteiger partial charge in [0.1, 0.15) is 42.7 Å². The summed E-state index contributed by atoms with van der Waals surface area (Å²) in [5.74, 6) is -5.59. The predicted octanol–water partition coefficient (Wildman–Crippen LogP) is -1.70. The molecule has 13 unspecified atom stereocenters. The number of carbonyl (C=O) groups excluding carboxylic acids is 4.